The number of benzene rings is 3. The molecule has 0 atom stereocenters. The van der Waals surface area contributed by atoms with Crippen LogP contribution in [0, 0.1) is 18.2 Å². The van der Waals surface area contributed by atoms with Crippen molar-refractivity contribution in [2.45, 2.75) is 0 Å². The molecule has 0 bridgehead atoms. The second kappa shape index (κ2) is 2.85. The molecule has 63 valence electrons. The van der Waals surface area contributed by atoms with Gasteiger partial charge in [0.25, 0.3) is 0 Å². The van der Waals surface area contributed by atoms with Crippen molar-refractivity contribution in [1.82, 2.24) is 0 Å². The first-order chi connectivity index (χ1) is 6.95. The molecule has 0 fully saturated rings. The molecule has 0 amide bonds. The van der Waals surface area contributed by atoms with Gasteiger partial charge in [-0.3, -0.25) is 0 Å². The van der Waals surface area contributed by atoms with Gasteiger partial charge in [-0.05, 0) is 51.9 Å². The molecular formula is C14H7. The van der Waals surface area contributed by atoms with Crippen molar-refractivity contribution in [3.05, 3.63) is 60.7 Å². The summed E-state index contributed by atoms with van der Waals surface area (Å²) in [5.41, 5.74) is 0. The molecule has 3 aromatic rings. The fourth-order valence-corrected chi connectivity index (χ4v) is 1.74. The van der Waals surface area contributed by atoms with Gasteiger partial charge < -0.3 is 0 Å². The predicted molar refractivity (Wildman–Crippen MR) is 58.0 cm³/mol. The average Bonchev–Trinajstić information content (AvgIpc) is 2.29. The standard InChI is InChI=1S/C14H7/c1-3-7-13-11(5-1)9-10-12-6-2-4-8-14(12)13/h1,3-4,6-9H. The van der Waals surface area contributed by atoms with Crippen LogP contribution in [0.25, 0.3) is 21.5 Å². The molecule has 0 nitrogen and oxygen atoms in total. The van der Waals surface area contributed by atoms with Crippen molar-refractivity contribution < 1.29 is 0 Å². The molecule has 3 rings (SSSR count). The summed E-state index contributed by atoms with van der Waals surface area (Å²) in [6, 6.07) is 23.5. The smallest absolute Gasteiger partial charge is 0.00921 e. The zero-order valence-electron chi connectivity index (χ0n) is 7.54. The van der Waals surface area contributed by atoms with Crippen LogP contribution in [-0.2, 0) is 0 Å². The summed E-state index contributed by atoms with van der Waals surface area (Å²) in [7, 11) is 0. The van der Waals surface area contributed by atoms with Crippen LogP contribution in [0.5, 0.6) is 0 Å². The van der Waals surface area contributed by atoms with Gasteiger partial charge >= 0.3 is 0 Å². The van der Waals surface area contributed by atoms with Crippen LogP contribution in [0.2, 0.25) is 0 Å². The number of hydrogen-bond acceptors (Lipinski definition) is 0. The molecule has 0 spiro atoms. The van der Waals surface area contributed by atoms with Crippen LogP contribution < -0.4 is 0 Å². The van der Waals surface area contributed by atoms with E-state index in [4.69, 9.17) is 0 Å². The molecule has 0 aliphatic carbocycles. The Morgan fingerprint density at radius 1 is 0.786 bits per heavy atom. The van der Waals surface area contributed by atoms with Gasteiger partial charge in [-0.15, -0.1) is 0 Å². The second-order valence-corrected chi connectivity index (χ2v) is 3.26. The summed E-state index contributed by atoms with van der Waals surface area (Å²) in [6.45, 7) is 0. The summed E-state index contributed by atoms with van der Waals surface area (Å²) in [5.74, 6) is 0. The molecule has 0 N–H and O–H groups in total. The van der Waals surface area contributed by atoms with E-state index in [1.807, 2.05) is 30.3 Å². The minimum Gasteiger partial charge on any atom is -0.0610 e. The fourth-order valence-electron chi connectivity index (χ4n) is 1.74. The van der Waals surface area contributed by atoms with Crippen molar-refractivity contribution in [3.8, 4) is 0 Å². The molecule has 0 aromatic heterocycles. The van der Waals surface area contributed by atoms with Gasteiger partial charge in [0, 0.05) is 0 Å². The Bertz CT molecular complexity index is 539. The minimum absolute atomic E-state index is 1.11. The predicted octanol–water partition coefficient (Wildman–Crippen LogP) is 3.39. The molecule has 0 heterocycles. The third-order valence-electron chi connectivity index (χ3n) is 2.41. The number of hydrogen-bond donors (Lipinski definition) is 0. The fraction of sp³-hybridized carbons (Fsp3) is 0. The molecule has 3 aromatic carbocycles. The van der Waals surface area contributed by atoms with Gasteiger partial charge in [0.15, 0.2) is 0 Å². The van der Waals surface area contributed by atoms with Crippen LogP contribution in [0.1, 0.15) is 0 Å². The summed E-state index contributed by atoms with van der Waals surface area (Å²) in [4.78, 5) is 0. The molecule has 0 saturated carbocycles. The molecule has 14 heavy (non-hydrogen) atoms. The highest BCUT2D eigenvalue weighted by atomic mass is 14.0. The van der Waals surface area contributed by atoms with E-state index >= 15 is 0 Å². The third-order valence-corrected chi connectivity index (χ3v) is 2.41. The van der Waals surface area contributed by atoms with Gasteiger partial charge in [0.1, 0.15) is 0 Å². The van der Waals surface area contributed by atoms with Gasteiger partial charge in [-0.2, -0.15) is 0 Å². The maximum Gasteiger partial charge on any atom is -0.00921 e. The summed E-state index contributed by atoms with van der Waals surface area (Å²) in [6.07, 6.45) is 0. The van der Waals surface area contributed by atoms with Crippen molar-refractivity contribution in [1.29, 1.82) is 0 Å². The van der Waals surface area contributed by atoms with E-state index in [1.165, 1.54) is 10.8 Å². The zero-order valence-corrected chi connectivity index (χ0v) is 7.54. The minimum atomic E-state index is 1.11. The van der Waals surface area contributed by atoms with Crippen molar-refractivity contribution >= 4 is 21.5 Å². The first-order valence-corrected chi connectivity index (χ1v) is 4.56. The molecular weight excluding hydrogens is 168 g/mol. The Labute approximate surface area is 82.8 Å². The molecule has 0 aliphatic heterocycles. The summed E-state index contributed by atoms with van der Waals surface area (Å²) >= 11 is 0. The third kappa shape index (κ3) is 1.01. The van der Waals surface area contributed by atoms with E-state index in [2.05, 4.69) is 30.3 Å². The van der Waals surface area contributed by atoms with Crippen molar-refractivity contribution in [2.75, 3.05) is 0 Å². The van der Waals surface area contributed by atoms with E-state index in [0.717, 1.165) is 10.8 Å². The van der Waals surface area contributed by atoms with Gasteiger partial charge in [0.05, 0.1) is 0 Å². The van der Waals surface area contributed by atoms with E-state index < -0.39 is 0 Å². The maximum absolute atomic E-state index is 3.23. The lowest BCUT2D eigenvalue weighted by atomic mass is 10.0. The summed E-state index contributed by atoms with van der Waals surface area (Å²) in [5, 5.41) is 4.68. The van der Waals surface area contributed by atoms with Crippen LogP contribution >= 0.6 is 0 Å². The van der Waals surface area contributed by atoms with Gasteiger partial charge in [-0.25, -0.2) is 0 Å². The van der Waals surface area contributed by atoms with Gasteiger partial charge in [0.2, 0.25) is 0 Å². The number of fused-ring (bicyclic) bond motifs is 3. The largest absolute Gasteiger partial charge is 0.0610 e. The highest BCUT2D eigenvalue weighted by Gasteiger charge is 1.98. The molecule has 0 saturated heterocycles. The van der Waals surface area contributed by atoms with E-state index in [-0.39, 0.29) is 0 Å². The van der Waals surface area contributed by atoms with Crippen LogP contribution in [-0.4, -0.2) is 0 Å². The Morgan fingerprint density at radius 2 is 1.64 bits per heavy atom. The zero-order chi connectivity index (χ0) is 9.38. The lowest BCUT2D eigenvalue weighted by molar-refractivity contribution is 1.74. The monoisotopic (exact) mass is 175 g/mol. The molecule has 3 radical (unpaired) electrons. The lowest BCUT2D eigenvalue weighted by Gasteiger charge is -2.01. The topological polar surface area (TPSA) is 0 Å². The molecule has 0 heteroatoms. The van der Waals surface area contributed by atoms with Crippen molar-refractivity contribution in [3.63, 3.8) is 0 Å². The van der Waals surface area contributed by atoms with E-state index in [1.54, 1.807) is 0 Å². The van der Waals surface area contributed by atoms with Crippen LogP contribution in [0.3, 0.4) is 0 Å². The average molecular weight is 175 g/mol. The van der Waals surface area contributed by atoms with Crippen LogP contribution in [0.15, 0.2) is 42.5 Å². The number of rotatable bonds is 0. The SMILES string of the molecule is [c]1ccc2c([c]cc3[c]cccc32)c1. The van der Waals surface area contributed by atoms with E-state index in [0.29, 0.717) is 0 Å². The Hall–Kier alpha value is -1.82. The molecule has 0 aliphatic rings. The first-order valence-electron chi connectivity index (χ1n) is 4.56. The normalized spacial score (nSPS) is 10.9. The van der Waals surface area contributed by atoms with Crippen molar-refractivity contribution in [2.24, 2.45) is 0 Å². The second-order valence-electron chi connectivity index (χ2n) is 3.26. The Kier molecular flexibility index (Phi) is 1.54. The first kappa shape index (κ1) is 7.57. The van der Waals surface area contributed by atoms with E-state index in [9.17, 15) is 0 Å². The Morgan fingerprint density at radius 3 is 2.64 bits per heavy atom. The Balaban J connectivity index is 2.61. The summed E-state index contributed by atoms with van der Waals surface area (Å²) < 4.78 is 0. The quantitative estimate of drug-likeness (QED) is 0.459. The lowest BCUT2D eigenvalue weighted by Crippen LogP contribution is -1.76. The highest BCUT2D eigenvalue weighted by Crippen LogP contribution is 2.23. The maximum atomic E-state index is 3.23. The van der Waals surface area contributed by atoms with Crippen LogP contribution in [0.4, 0.5) is 0 Å². The highest BCUT2D eigenvalue weighted by molar-refractivity contribution is 6.06. The molecule has 0 unspecified atom stereocenters. The van der Waals surface area contributed by atoms with Gasteiger partial charge in [-0.1, -0.05) is 30.3 Å².